The second-order valence-electron chi connectivity index (χ2n) is 6.14. The van der Waals surface area contributed by atoms with Crippen LogP contribution in [0.4, 0.5) is 4.39 Å². The predicted molar refractivity (Wildman–Crippen MR) is 91.5 cm³/mol. The number of carbonyl (C=O) groups is 1. The normalized spacial score (nSPS) is 13.7. The molecule has 1 aliphatic rings. The summed E-state index contributed by atoms with van der Waals surface area (Å²) in [6.45, 7) is 2.97. The Hall–Kier alpha value is -2.78. The maximum absolute atomic E-state index is 13.2. The molecule has 0 saturated carbocycles. The van der Waals surface area contributed by atoms with E-state index in [0.29, 0.717) is 23.4 Å². The molecule has 3 N–H and O–H groups in total. The monoisotopic (exact) mass is 358 g/mol. The molecule has 0 bridgehead atoms. The zero-order valence-corrected chi connectivity index (χ0v) is 14.1. The first kappa shape index (κ1) is 16.7. The number of halogens is 1. The first-order valence-electron chi connectivity index (χ1n) is 8.42. The summed E-state index contributed by atoms with van der Waals surface area (Å²) in [5.74, 6) is -0.00586. The van der Waals surface area contributed by atoms with E-state index in [4.69, 9.17) is 4.74 Å². The lowest BCUT2D eigenvalue weighted by atomic mass is 10.3. The Morgan fingerprint density at radius 2 is 2.31 bits per heavy atom. The van der Waals surface area contributed by atoms with Crippen LogP contribution in [0.25, 0.3) is 11.0 Å². The van der Waals surface area contributed by atoms with Gasteiger partial charge in [0.25, 0.3) is 0 Å². The highest BCUT2D eigenvalue weighted by Crippen LogP contribution is 2.13. The molecule has 1 aromatic carbocycles. The average molecular weight is 358 g/mol. The standard InChI is InChI=1S/C17H19FN6O2/c18-11-1-2-14-15(5-11)22-16(21-14)9-26-10-17(25)20-7-12-6-13-8-19-3-4-24(13)23-12/h1-2,5-6,19H,3-4,7-10H2,(H,20,25)(H,21,22). The van der Waals surface area contributed by atoms with E-state index >= 15 is 0 Å². The third-order valence-electron chi connectivity index (χ3n) is 4.15. The number of aromatic nitrogens is 4. The maximum atomic E-state index is 13.2. The molecule has 9 heteroatoms. The lowest BCUT2D eigenvalue weighted by Gasteiger charge is -2.13. The molecule has 2 aromatic heterocycles. The zero-order valence-electron chi connectivity index (χ0n) is 14.1. The van der Waals surface area contributed by atoms with Gasteiger partial charge in [-0.15, -0.1) is 0 Å². The summed E-state index contributed by atoms with van der Waals surface area (Å²) >= 11 is 0. The lowest BCUT2D eigenvalue weighted by molar-refractivity contribution is -0.126. The van der Waals surface area contributed by atoms with Crippen LogP contribution in [0.15, 0.2) is 24.3 Å². The summed E-state index contributed by atoms with van der Waals surface area (Å²) in [5.41, 5.74) is 3.22. The van der Waals surface area contributed by atoms with Crippen molar-refractivity contribution < 1.29 is 13.9 Å². The van der Waals surface area contributed by atoms with Gasteiger partial charge in [-0.05, 0) is 24.3 Å². The number of ether oxygens (including phenoxy) is 1. The van der Waals surface area contributed by atoms with E-state index in [-0.39, 0.29) is 24.9 Å². The van der Waals surface area contributed by atoms with Gasteiger partial charge in [0.05, 0.1) is 35.5 Å². The number of hydrogen-bond acceptors (Lipinski definition) is 5. The van der Waals surface area contributed by atoms with Crippen molar-refractivity contribution in [3.63, 3.8) is 0 Å². The van der Waals surface area contributed by atoms with Crippen LogP contribution in [0.1, 0.15) is 17.2 Å². The van der Waals surface area contributed by atoms with Gasteiger partial charge in [-0.3, -0.25) is 9.48 Å². The number of imidazole rings is 1. The fraction of sp³-hybridized carbons (Fsp3) is 0.353. The second-order valence-corrected chi connectivity index (χ2v) is 6.14. The van der Waals surface area contributed by atoms with E-state index in [1.54, 1.807) is 6.07 Å². The highest BCUT2D eigenvalue weighted by molar-refractivity contribution is 5.77. The van der Waals surface area contributed by atoms with Crippen molar-refractivity contribution >= 4 is 16.9 Å². The minimum absolute atomic E-state index is 0.0828. The summed E-state index contributed by atoms with van der Waals surface area (Å²) in [6, 6.07) is 6.31. The van der Waals surface area contributed by atoms with Crippen molar-refractivity contribution in [1.29, 1.82) is 0 Å². The van der Waals surface area contributed by atoms with E-state index in [1.165, 1.54) is 12.1 Å². The van der Waals surface area contributed by atoms with Crippen LogP contribution in [0.2, 0.25) is 0 Å². The number of benzene rings is 1. The Morgan fingerprint density at radius 1 is 1.38 bits per heavy atom. The van der Waals surface area contributed by atoms with E-state index < -0.39 is 0 Å². The zero-order chi connectivity index (χ0) is 17.9. The molecule has 3 heterocycles. The molecular weight excluding hydrogens is 339 g/mol. The SMILES string of the molecule is O=C(COCc1nc2ccc(F)cc2[nH]1)NCc1cc2n(n1)CCNC2. The fourth-order valence-electron chi connectivity index (χ4n) is 2.92. The number of nitrogens with zero attached hydrogens (tertiary/aromatic N) is 3. The van der Waals surface area contributed by atoms with Gasteiger partial charge in [-0.25, -0.2) is 9.37 Å². The van der Waals surface area contributed by atoms with E-state index in [9.17, 15) is 9.18 Å². The number of carbonyl (C=O) groups excluding carboxylic acids is 1. The highest BCUT2D eigenvalue weighted by atomic mass is 19.1. The number of hydrogen-bond donors (Lipinski definition) is 3. The molecule has 136 valence electrons. The Bertz CT molecular complexity index is 911. The number of aromatic amines is 1. The van der Waals surface area contributed by atoms with Crippen LogP contribution in [0.3, 0.4) is 0 Å². The van der Waals surface area contributed by atoms with E-state index in [2.05, 4.69) is 25.7 Å². The molecule has 26 heavy (non-hydrogen) atoms. The summed E-state index contributed by atoms with van der Waals surface area (Å²) < 4.78 is 20.5. The fourth-order valence-corrected chi connectivity index (χ4v) is 2.92. The molecule has 0 spiro atoms. The predicted octanol–water partition coefficient (Wildman–Crippen LogP) is 0.835. The van der Waals surface area contributed by atoms with Gasteiger partial charge in [0, 0.05) is 13.1 Å². The number of fused-ring (bicyclic) bond motifs is 2. The van der Waals surface area contributed by atoms with Gasteiger partial charge in [-0.1, -0.05) is 0 Å². The van der Waals surface area contributed by atoms with Gasteiger partial charge >= 0.3 is 0 Å². The number of rotatable bonds is 6. The average Bonchev–Trinajstić information content (AvgIpc) is 3.22. The second kappa shape index (κ2) is 7.22. The van der Waals surface area contributed by atoms with Gasteiger partial charge < -0.3 is 20.4 Å². The maximum Gasteiger partial charge on any atom is 0.246 e. The lowest BCUT2D eigenvalue weighted by Crippen LogP contribution is -2.28. The topological polar surface area (TPSA) is 96.9 Å². The molecule has 0 saturated heterocycles. The molecular formula is C17H19FN6O2. The minimum atomic E-state index is -0.329. The Morgan fingerprint density at radius 3 is 3.19 bits per heavy atom. The van der Waals surface area contributed by atoms with Gasteiger partial charge in [-0.2, -0.15) is 5.10 Å². The number of H-pyrrole nitrogens is 1. The van der Waals surface area contributed by atoms with Gasteiger partial charge in [0.15, 0.2) is 0 Å². The van der Waals surface area contributed by atoms with Crippen molar-refractivity contribution in [1.82, 2.24) is 30.4 Å². The quantitative estimate of drug-likeness (QED) is 0.607. The van der Waals surface area contributed by atoms with Crippen molar-refractivity contribution in [2.24, 2.45) is 0 Å². The summed E-state index contributed by atoms with van der Waals surface area (Å²) in [7, 11) is 0. The van der Waals surface area contributed by atoms with Crippen LogP contribution < -0.4 is 10.6 Å². The molecule has 3 aromatic rings. The summed E-state index contributed by atoms with van der Waals surface area (Å²) in [4.78, 5) is 19.2. The smallest absolute Gasteiger partial charge is 0.246 e. The Labute approximate surface area is 148 Å². The van der Waals surface area contributed by atoms with Crippen molar-refractivity contribution in [2.75, 3.05) is 13.2 Å². The minimum Gasteiger partial charge on any atom is -0.364 e. The molecule has 0 atom stereocenters. The van der Waals surface area contributed by atoms with Gasteiger partial charge in [0.1, 0.15) is 24.9 Å². The number of nitrogens with one attached hydrogen (secondary N) is 3. The van der Waals surface area contributed by atoms with Crippen LogP contribution >= 0.6 is 0 Å². The van der Waals surface area contributed by atoms with Crippen LogP contribution in [-0.2, 0) is 35.8 Å². The van der Waals surface area contributed by atoms with E-state index in [1.807, 2.05) is 10.7 Å². The third-order valence-corrected chi connectivity index (χ3v) is 4.15. The summed E-state index contributed by atoms with van der Waals surface area (Å²) in [5, 5.41) is 10.5. The molecule has 4 rings (SSSR count). The van der Waals surface area contributed by atoms with E-state index in [0.717, 1.165) is 31.0 Å². The molecule has 8 nitrogen and oxygen atoms in total. The van der Waals surface area contributed by atoms with Crippen molar-refractivity contribution in [3.05, 3.63) is 47.3 Å². The molecule has 1 aliphatic heterocycles. The first-order chi connectivity index (χ1) is 12.7. The largest absolute Gasteiger partial charge is 0.364 e. The molecule has 0 radical (unpaired) electrons. The van der Waals surface area contributed by atoms with Gasteiger partial charge in [0.2, 0.25) is 5.91 Å². The number of amides is 1. The molecule has 0 aliphatic carbocycles. The first-order valence-corrected chi connectivity index (χ1v) is 8.42. The molecule has 1 amide bonds. The Kier molecular flexibility index (Phi) is 4.63. The summed E-state index contributed by atoms with van der Waals surface area (Å²) in [6.07, 6.45) is 0. The highest BCUT2D eigenvalue weighted by Gasteiger charge is 2.12. The van der Waals surface area contributed by atoms with Crippen molar-refractivity contribution in [3.8, 4) is 0 Å². The third kappa shape index (κ3) is 3.73. The van der Waals surface area contributed by atoms with Crippen LogP contribution in [0.5, 0.6) is 0 Å². The Balaban J connectivity index is 1.24. The molecule has 0 unspecified atom stereocenters. The molecule has 0 fully saturated rings. The van der Waals surface area contributed by atoms with Crippen LogP contribution in [0, 0.1) is 5.82 Å². The van der Waals surface area contributed by atoms with Crippen LogP contribution in [-0.4, -0.2) is 38.8 Å². The van der Waals surface area contributed by atoms with Crippen molar-refractivity contribution in [2.45, 2.75) is 26.2 Å².